The zero-order valence-corrected chi connectivity index (χ0v) is 10.7. The Morgan fingerprint density at radius 3 is 3.00 bits per heavy atom. The van der Waals surface area contributed by atoms with E-state index < -0.39 is 0 Å². The standard InChI is InChI=1S/C11H9BrN2OS/c12-9-3-5-16-10(9)7-14-11(15)8-2-1-4-13-6-8/h1-6H,7H2,(H,14,15). The maximum Gasteiger partial charge on any atom is 0.253 e. The SMILES string of the molecule is O=C(NCc1sccc1Br)c1cccnc1. The lowest BCUT2D eigenvalue weighted by Gasteiger charge is -2.03. The van der Waals surface area contributed by atoms with Gasteiger partial charge in [0.15, 0.2) is 0 Å². The van der Waals surface area contributed by atoms with Crippen LogP contribution in [-0.4, -0.2) is 10.9 Å². The Balaban J connectivity index is 1.97. The van der Waals surface area contributed by atoms with Crippen LogP contribution in [0.3, 0.4) is 0 Å². The summed E-state index contributed by atoms with van der Waals surface area (Å²) in [5, 5.41) is 4.83. The fourth-order valence-corrected chi connectivity index (χ4v) is 2.64. The molecule has 0 aliphatic heterocycles. The molecule has 1 N–H and O–H groups in total. The first-order valence-electron chi connectivity index (χ1n) is 4.67. The first-order chi connectivity index (χ1) is 7.77. The maximum atomic E-state index is 11.7. The van der Waals surface area contributed by atoms with E-state index in [1.54, 1.807) is 35.9 Å². The van der Waals surface area contributed by atoms with E-state index in [0.717, 1.165) is 9.35 Å². The van der Waals surface area contributed by atoms with Crippen LogP contribution in [0, 0.1) is 0 Å². The van der Waals surface area contributed by atoms with Gasteiger partial charge in [-0.2, -0.15) is 0 Å². The summed E-state index contributed by atoms with van der Waals surface area (Å²) in [6.45, 7) is 0.534. The summed E-state index contributed by atoms with van der Waals surface area (Å²) in [7, 11) is 0. The molecule has 5 heteroatoms. The van der Waals surface area contributed by atoms with Gasteiger partial charge in [-0.05, 0) is 39.5 Å². The Labute approximate surface area is 106 Å². The number of hydrogen-bond donors (Lipinski definition) is 1. The van der Waals surface area contributed by atoms with E-state index in [-0.39, 0.29) is 5.91 Å². The molecule has 0 bridgehead atoms. The average molecular weight is 297 g/mol. The second-order valence-corrected chi connectivity index (χ2v) is 4.97. The summed E-state index contributed by atoms with van der Waals surface area (Å²) in [4.78, 5) is 16.7. The smallest absolute Gasteiger partial charge is 0.253 e. The molecule has 2 heterocycles. The summed E-state index contributed by atoms with van der Waals surface area (Å²) < 4.78 is 1.03. The Kier molecular flexibility index (Phi) is 3.69. The molecule has 0 saturated carbocycles. The Hall–Kier alpha value is -1.20. The molecule has 0 fully saturated rings. The molecule has 2 aromatic rings. The predicted molar refractivity (Wildman–Crippen MR) is 67.4 cm³/mol. The van der Waals surface area contributed by atoms with Gasteiger partial charge in [0, 0.05) is 21.7 Å². The van der Waals surface area contributed by atoms with E-state index in [0.29, 0.717) is 12.1 Å². The van der Waals surface area contributed by atoms with Crippen molar-refractivity contribution in [3.8, 4) is 0 Å². The second-order valence-electron chi connectivity index (χ2n) is 3.12. The molecule has 82 valence electrons. The van der Waals surface area contributed by atoms with Crippen LogP contribution in [0.2, 0.25) is 0 Å². The minimum absolute atomic E-state index is 0.103. The Morgan fingerprint density at radius 2 is 2.38 bits per heavy atom. The molecular formula is C11H9BrN2OS. The van der Waals surface area contributed by atoms with Crippen LogP contribution in [0.25, 0.3) is 0 Å². The molecule has 0 aliphatic rings. The third-order valence-corrected chi connectivity index (χ3v) is 3.95. The van der Waals surface area contributed by atoms with Gasteiger partial charge in [0.1, 0.15) is 0 Å². The second kappa shape index (κ2) is 5.23. The van der Waals surface area contributed by atoms with Crippen LogP contribution in [-0.2, 0) is 6.54 Å². The van der Waals surface area contributed by atoms with Gasteiger partial charge in [-0.25, -0.2) is 0 Å². The number of nitrogens with zero attached hydrogens (tertiary/aromatic N) is 1. The lowest BCUT2D eigenvalue weighted by Crippen LogP contribution is -2.22. The van der Waals surface area contributed by atoms with E-state index in [2.05, 4.69) is 26.2 Å². The number of amides is 1. The summed E-state index contributed by atoms with van der Waals surface area (Å²) in [6, 6.07) is 5.46. The van der Waals surface area contributed by atoms with Crippen molar-refractivity contribution in [1.82, 2.24) is 10.3 Å². The highest BCUT2D eigenvalue weighted by Gasteiger charge is 2.06. The van der Waals surface area contributed by atoms with Gasteiger partial charge < -0.3 is 5.32 Å². The van der Waals surface area contributed by atoms with Gasteiger partial charge >= 0.3 is 0 Å². The molecule has 0 radical (unpaired) electrons. The van der Waals surface area contributed by atoms with E-state index in [1.807, 2.05) is 11.4 Å². The van der Waals surface area contributed by atoms with Crippen molar-refractivity contribution in [2.75, 3.05) is 0 Å². The molecule has 16 heavy (non-hydrogen) atoms. The maximum absolute atomic E-state index is 11.7. The normalized spacial score (nSPS) is 10.1. The van der Waals surface area contributed by atoms with Gasteiger partial charge in [0.25, 0.3) is 5.91 Å². The van der Waals surface area contributed by atoms with Gasteiger partial charge in [-0.1, -0.05) is 0 Å². The summed E-state index contributed by atoms with van der Waals surface area (Å²) in [6.07, 6.45) is 3.20. The molecule has 0 aromatic carbocycles. The fraction of sp³-hybridized carbons (Fsp3) is 0.0909. The van der Waals surface area contributed by atoms with E-state index in [4.69, 9.17) is 0 Å². The third kappa shape index (κ3) is 2.68. The molecular weight excluding hydrogens is 288 g/mol. The number of hydrogen-bond acceptors (Lipinski definition) is 3. The molecule has 0 saturated heterocycles. The predicted octanol–water partition coefficient (Wildman–Crippen LogP) is 2.84. The largest absolute Gasteiger partial charge is 0.347 e. The fourth-order valence-electron chi connectivity index (χ4n) is 1.21. The summed E-state index contributed by atoms with van der Waals surface area (Å²) in [5.41, 5.74) is 0.579. The summed E-state index contributed by atoms with van der Waals surface area (Å²) >= 11 is 5.03. The highest BCUT2D eigenvalue weighted by molar-refractivity contribution is 9.10. The van der Waals surface area contributed by atoms with Gasteiger partial charge in [0.05, 0.1) is 12.1 Å². The topological polar surface area (TPSA) is 42.0 Å². The number of pyridine rings is 1. The van der Waals surface area contributed by atoms with Crippen molar-refractivity contribution in [3.63, 3.8) is 0 Å². The van der Waals surface area contributed by atoms with Crippen molar-refractivity contribution in [2.45, 2.75) is 6.54 Å². The molecule has 0 aliphatic carbocycles. The number of aromatic nitrogens is 1. The van der Waals surface area contributed by atoms with Crippen LogP contribution >= 0.6 is 27.3 Å². The monoisotopic (exact) mass is 296 g/mol. The number of carbonyl (C=O) groups is 1. The van der Waals surface area contributed by atoms with Crippen LogP contribution in [0.1, 0.15) is 15.2 Å². The van der Waals surface area contributed by atoms with E-state index in [1.165, 1.54) is 0 Å². The Morgan fingerprint density at radius 1 is 1.50 bits per heavy atom. The van der Waals surface area contributed by atoms with Crippen LogP contribution in [0.15, 0.2) is 40.4 Å². The van der Waals surface area contributed by atoms with E-state index >= 15 is 0 Å². The van der Waals surface area contributed by atoms with Crippen LogP contribution in [0.5, 0.6) is 0 Å². The van der Waals surface area contributed by atoms with Gasteiger partial charge in [0.2, 0.25) is 0 Å². The van der Waals surface area contributed by atoms with Crippen molar-refractivity contribution in [3.05, 3.63) is 50.9 Å². The molecule has 2 rings (SSSR count). The highest BCUT2D eigenvalue weighted by atomic mass is 79.9. The third-order valence-electron chi connectivity index (χ3n) is 2.02. The highest BCUT2D eigenvalue weighted by Crippen LogP contribution is 2.22. The van der Waals surface area contributed by atoms with Crippen LogP contribution in [0.4, 0.5) is 0 Å². The zero-order chi connectivity index (χ0) is 11.4. The first kappa shape index (κ1) is 11.3. The molecule has 0 unspecified atom stereocenters. The summed E-state index contributed by atoms with van der Waals surface area (Å²) in [5.74, 6) is -0.103. The number of rotatable bonds is 3. The molecule has 1 amide bonds. The minimum atomic E-state index is -0.103. The van der Waals surface area contributed by atoms with Gasteiger partial charge in [-0.3, -0.25) is 9.78 Å². The van der Waals surface area contributed by atoms with Crippen molar-refractivity contribution >= 4 is 33.2 Å². The van der Waals surface area contributed by atoms with Crippen molar-refractivity contribution in [2.24, 2.45) is 0 Å². The van der Waals surface area contributed by atoms with E-state index in [9.17, 15) is 4.79 Å². The lowest BCUT2D eigenvalue weighted by molar-refractivity contribution is 0.0951. The van der Waals surface area contributed by atoms with Crippen LogP contribution < -0.4 is 5.32 Å². The zero-order valence-electron chi connectivity index (χ0n) is 8.31. The Bertz CT molecular complexity index is 484. The van der Waals surface area contributed by atoms with Crippen molar-refractivity contribution in [1.29, 1.82) is 0 Å². The lowest BCUT2D eigenvalue weighted by atomic mass is 10.3. The quantitative estimate of drug-likeness (QED) is 0.946. The number of thiophene rings is 1. The first-order valence-corrected chi connectivity index (χ1v) is 6.35. The molecule has 2 aromatic heterocycles. The molecule has 3 nitrogen and oxygen atoms in total. The number of nitrogens with one attached hydrogen (secondary N) is 1. The minimum Gasteiger partial charge on any atom is -0.347 e. The molecule has 0 spiro atoms. The number of carbonyl (C=O) groups excluding carboxylic acids is 1. The van der Waals surface area contributed by atoms with Crippen molar-refractivity contribution < 1.29 is 4.79 Å². The number of halogens is 1. The molecule has 0 atom stereocenters. The van der Waals surface area contributed by atoms with Gasteiger partial charge in [-0.15, -0.1) is 11.3 Å². The average Bonchev–Trinajstić information content (AvgIpc) is 2.73.